The maximum atomic E-state index is 12.0. The molecule has 0 spiro atoms. The van der Waals surface area contributed by atoms with Crippen molar-refractivity contribution in [2.45, 2.75) is 25.9 Å². The summed E-state index contributed by atoms with van der Waals surface area (Å²) in [5.74, 6) is 0.952. The lowest BCUT2D eigenvalue weighted by atomic mass is 10.1. The fourth-order valence-electron chi connectivity index (χ4n) is 3.41. The molecule has 148 valence electrons. The Balaban J connectivity index is 0.00000225. The fourth-order valence-corrected chi connectivity index (χ4v) is 3.41. The van der Waals surface area contributed by atoms with E-state index in [-0.39, 0.29) is 18.3 Å². The second-order valence-corrected chi connectivity index (χ2v) is 6.96. The second kappa shape index (κ2) is 8.58. The third-order valence-corrected chi connectivity index (χ3v) is 4.90. The Hall–Kier alpha value is -2.64. The average molecular weight is 401 g/mol. The summed E-state index contributed by atoms with van der Waals surface area (Å²) in [5.41, 5.74) is 4.21. The highest BCUT2D eigenvalue weighted by Gasteiger charge is 2.18. The molecule has 0 fully saturated rings. The monoisotopic (exact) mass is 400 g/mol. The topological polar surface area (TPSA) is 68.0 Å². The number of imidazole rings is 1. The van der Waals surface area contributed by atoms with E-state index < -0.39 is 0 Å². The lowest BCUT2D eigenvalue weighted by molar-refractivity contribution is -0.128. The van der Waals surface area contributed by atoms with E-state index in [0.717, 1.165) is 42.4 Å². The van der Waals surface area contributed by atoms with Gasteiger partial charge in [0, 0.05) is 46.0 Å². The molecule has 3 heterocycles. The van der Waals surface area contributed by atoms with Crippen molar-refractivity contribution in [3.63, 3.8) is 0 Å². The van der Waals surface area contributed by atoms with Gasteiger partial charge in [-0.1, -0.05) is 18.2 Å². The number of aryl methyl sites for hydroxylation is 1. The number of amides is 1. The first-order valence-corrected chi connectivity index (χ1v) is 9.23. The number of benzene rings is 1. The van der Waals surface area contributed by atoms with Gasteiger partial charge in [-0.25, -0.2) is 4.98 Å². The first-order valence-electron chi connectivity index (χ1n) is 9.23. The number of fused-ring (bicyclic) bond motifs is 1. The molecule has 0 saturated carbocycles. The van der Waals surface area contributed by atoms with Crippen LogP contribution in [-0.2, 0) is 24.3 Å². The molecule has 28 heavy (non-hydrogen) atoms. The number of halogens is 1. The number of hydrogen-bond donors (Lipinski definition) is 1. The number of carbonyl (C=O) groups excluding carboxylic acids is 1. The molecule has 1 aliphatic rings. The van der Waals surface area contributed by atoms with Crippen LogP contribution in [0, 0.1) is 0 Å². The van der Waals surface area contributed by atoms with Crippen LogP contribution < -0.4 is 5.32 Å². The van der Waals surface area contributed by atoms with Gasteiger partial charge >= 0.3 is 0 Å². The summed E-state index contributed by atoms with van der Waals surface area (Å²) in [5, 5.41) is 8.11. The molecule has 0 bridgehead atoms. The molecular weight excluding hydrogens is 376 g/mol. The Bertz CT molecular complexity index is 938. The Morgan fingerprint density at radius 3 is 2.89 bits per heavy atom. The normalized spacial score (nSPS) is 12.9. The molecule has 2 aromatic heterocycles. The molecular formula is C20H25ClN6O. The molecule has 3 aromatic rings. The molecule has 7 nitrogen and oxygen atoms in total. The lowest BCUT2D eigenvalue weighted by Crippen LogP contribution is -2.28. The SMILES string of the molecule is CN(C)C(=O)CCc1ccccc1-n1ccnc1-c1cc2n(n1)CCNC2.Cl. The van der Waals surface area contributed by atoms with Crippen LogP contribution in [0.5, 0.6) is 0 Å². The van der Waals surface area contributed by atoms with Crippen molar-refractivity contribution in [2.24, 2.45) is 0 Å². The molecule has 0 unspecified atom stereocenters. The molecule has 0 atom stereocenters. The molecule has 0 aliphatic carbocycles. The number of rotatable bonds is 5. The van der Waals surface area contributed by atoms with E-state index in [4.69, 9.17) is 5.10 Å². The zero-order chi connectivity index (χ0) is 18.8. The second-order valence-electron chi connectivity index (χ2n) is 6.96. The highest BCUT2D eigenvalue weighted by atomic mass is 35.5. The van der Waals surface area contributed by atoms with Gasteiger partial charge in [-0.05, 0) is 24.1 Å². The van der Waals surface area contributed by atoms with Crippen LogP contribution in [0.15, 0.2) is 42.7 Å². The molecule has 8 heteroatoms. The highest BCUT2D eigenvalue weighted by molar-refractivity contribution is 5.85. The van der Waals surface area contributed by atoms with Gasteiger partial charge < -0.3 is 10.2 Å². The third kappa shape index (κ3) is 3.95. The van der Waals surface area contributed by atoms with Gasteiger partial charge in [0.25, 0.3) is 0 Å². The van der Waals surface area contributed by atoms with Gasteiger partial charge in [0.05, 0.1) is 17.9 Å². The van der Waals surface area contributed by atoms with E-state index >= 15 is 0 Å². The number of carbonyl (C=O) groups is 1. The molecule has 1 aromatic carbocycles. The van der Waals surface area contributed by atoms with Gasteiger partial charge in [-0.3, -0.25) is 14.0 Å². The molecule has 0 saturated heterocycles. The summed E-state index contributed by atoms with van der Waals surface area (Å²) in [6, 6.07) is 10.3. The van der Waals surface area contributed by atoms with Crippen LogP contribution in [0.1, 0.15) is 17.7 Å². The predicted octanol–water partition coefficient (Wildman–Crippen LogP) is 2.28. The number of hydrogen-bond acceptors (Lipinski definition) is 4. The van der Waals surface area contributed by atoms with Gasteiger partial charge in [0.1, 0.15) is 5.69 Å². The minimum absolute atomic E-state index is 0. The van der Waals surface area contributed by atoms with Crippen LogP contribution >= 0.6 is 12.4 Å². The van der Waals surface area contributed by atoms with Crippen molar-refractivity contribution in [1.29, 1.82) is 0 Å². The standard InChI is InChI=1S/C20H24N6O.ClH/c1-24(2)19(27)8-7-15-5-3-4-6-18(15)25-11-10-22-20(25)17-13-16-14-21-9-12-26(16)23-17;/h3-6,10-11,13,21H,7-9,12,14H2,1-2H3;1H. The first kappa shape index (κ1) is 20.1. The maximum absolute atomic E-state index is 12.0. The number of para-hydroxylation sites is 1. The number of aromatic nitrogens is 4. The summed E-state index contributed by atoms with van der Waals surface area (Å²) in [4.78, 5) is 18.2. The van der Waals surface area contributed by atoms with Crippen LogP contribution in [0.3, 0.4) is 0 Å². The predicted molar refractivity (Wildman–Crippen MR) is 111 cm³/mol. The molecule has 4 rings (SSSR count). The van der Waals surface area contributed by atoms with Crippen LogP contribution in [-0.4, -0.2) is 50.8 Å². The summed E-state index contributed by atoms with van der Waals surface area (Å²) >= 11 is 0. The van der Waals surface area contributed by atoms with E-state index in [2.05, 4.69) is 33.1 Å². The van der Waals surface area contributed by atoms with Crippen molar-refractivity contribution < 1.29 is 4.79 Å². The van der Waals surface area contributed by atoms with Gasteiger partial charge in [-0.15, -0.1) is 12.4 Å². The summed E-state index contributed by atoms with van der Waals surface area (Å²) in [7, 11) is 3.58. The largest absolute Gasteiger partial charge is 0.349 e. The zero-order valence-corrected chi connectivity index (χ0v) is 16.9. The Morgan fingerprint density at radius 1 is 1.29 bits per heavy atom. The fraction of sp³-hybridized carbons (Fsp3) is 0.350. The van der Waals surface area contributed by atoms with E-state index in [1.165, 1.54) is 5.69 Å². The van der Waals surface area contributed by atoms with E-state index in [0.29, 0.717) is 12.8 Å². The van der Waals surface area contributed by atoms with Gasteiger partial charge in [-0.2, -0.15) is 5.10 Å². The molecule has 0 radical (unpaired) electrons. The van der Waals surface area contributed by atoms with E-state index in [1.807, 2.05) is 23.0 Å². The molecule has 1 N–H and O–H groups in total. The maximum Gasteiger partial charge on any atom is 0.222 e. The van der Waals surface area contributed by atoms with Crippen LogP contribution in [0.4, 0.5) is 0 Å². The Labute approximate surface area is 170 Å². The Kier molecular flexibility index (Phi) is 6.16. The van der Waals surface area contributed by atoms with E-state index in [9.17, 15) is 4.79 Å². The Morgan fingerprint density at radius 2 is 2.11 bits per heavy atom. The zero-order valence-electron chi connectivity index (χ0n) is 16.1. The van der Waals surface area contributed by atoms with Crippen LogP contribution in [0.2, 0.25) is 0 Å². The van der Waals surface area contributed by atoms with E-state index in [1.54, 1.807) is 25.2 Å². The molecule has 1 amide bonds. The van der Waals surface area contributed by atoms with Crippen LogP contribution in [0.25, 0.3) is 17.2 Å². The minimum Gasteiger partial charge on any atom is -0.349 e. The number of nitrogens with one attached hydrogen (secondary N) is 1. The van der Waals surface area contributed by atoms with Crippen molar-refractivity contribution >= 4 is 18.3 Å². The first-order chi connectivity index (χ1) is 13.1. The van der Waals surface area contributed by atoms with Crippen molar-refractivity contribution in [1.82, 2.24) is 29.5 Å². The quantitative estimate of drug-likeness (QED) is 0.713. The number of nitrogens with zero attached hydrogens (tertiary/aromatic N) is 5. The van der Waals surface area contributed by atoms with Gasteiger partial charge in [0.2, 0.25) is 5.91 Å². The summed E-state index contributed by atoms with van der Waals surface area (Å²) in [6.07, 6.45) is 4.93. The van der Waals surface area contributed by atoms with Crippen molar-refractivity contribution in [3.8, 4) is 17.2 Å². The average Bonchev–Trinajstić information content (AvgIpc) is 3.32. The van der Waals surface area contributed by atoms with Crippen molar-refractivity contribution in [2.75, 3.05) is 20.6 Å². The third-order valence-electron chi connectivity index (χ3n) is 4.90. The molecule has 1 aliphatic heterocycles. The minimum atomic E-state index is 0. The van der Waals surface area contributed by atoms with Crippen molar-refractivity contribution in [3.05, 3.63) is 54.0 Å². The lowest BCUT2D eigenvalue weighted by Gasteiger charge is -2.14. The summed E-state index contributed by atoms with van der Waals surface area (Å²) in [6.45, 7) is 2.64. The summed E-state index contributed by atoms with van der Waals surface area (Å²) < 4.78 is 4.11. The van der Waals surface area contributed by atoms with Gasteiger partial charge in [0.15, 0.2) is 5.82 Å². The highest BCUT2D eigenvalue weighted by Crippen LogP contribution is 2.25. The smallest absolute Gasteiger partial charge is 0.222 e.